The Kier molecular flexibility index (Phi) is 5.49. The van der Waals surface area contributed by atoms with Crippen molar-refractivity contribution in [1.29, 1.82) is 0 Å². The number of carbonyl (C=O) groups is 1. The quantitative estimate of drug-likeness (QED) is 0.761. The van der Waals surface area contributed by atoms with Gasteiger partial charge >= 0.3 is 5.97 Å². The molecule has 1 aromatic rings. The molecule has 2 aliphatic rings. The number of aryl methyl sites for hydroxylation is 1. The van der Waals surface area contributed by atoms with Crippen LogP contribution in [0, 0.1) is 11.3 Å². The predicted molar refractivity (Wildman–Crippen MR) is 97.0 cm³/mol. The summed E-state index contributed by atoms with van der Waals surface area (Å²) in [5, 5.41) is 4.28. The maximum atomic E-state index is 12.9. The van der Waals surface area contributed by atoms with Gasteiger partial charge in [0.2, 0.25) is 0 Å². The summed E-state index contributed by atoms with van der Waals surface area (Å²) in [6.45, 7) is 11.5. The van der Waals surface area contributed by atoms with E-state index in [1.165, 1.54) is 5.56 Å². The molecular weight excluding hydrogens is 316 g/mol. The molecule has 0 saturated carbocycles. The lowest BCUT2D eigenvalue weighted by Crippen LogP contribution is -2.42. The van der Waals surface area contributed by atoms with Gasteiger partial charge in [-0.3, -0.25) is 19.3 Å². The average molecular weight is 348 g/mol. The Morgan fingerprint density at radius 2 is 2.24 bits per heavy atom. The standard InChI is InChI=1S/C19H32N4O2/c1-5-25-18(24)19-7-6-8-22(11-16-9-20-21(4)10-16)12-17(19)13-23(14-19)15(2)3/h9-10,15,17H,5-8,11-14H2,1-4H3/t17-,19-/m0/s1. The van der Waals surface area contributed by atoms with Crippen LogP contribution in [0.2, 0.25) is 0 Å². The maximum absolute atomic E-state index is 12.9. The molecule has 2 fully saturated rings. The fourth-order valence-electron chi connectivity index (χ4n) is 4.51. The molecule has 0 amide bonds. The van der Waals surface area contributed by atoms with Gasteiger partial charge in [0.25, 0.3) is 0 Å². The summed E-state index contributed by atoms with van der Waals surface area (Å²) < 4.78 is 7.38. The van der Waals surface area contributed by atoms with Gasteiger partial charge in [-0.05, 0) is 40.2 Å². The SMILES string of the molecule is CCOC(=O)[C@]12CCCN(Cc3cnn(C)c3)C[C@H]1CN(C(C)C)C2. The predicted octanol–water partition coefficient (Wildman–Crippen LogP) is 1.91. The molecular formula is C19H32N4O2. The highest BCUT2D eigenvalue weighted by Crippen LogP contribution is 2.44. The van der Waals surface area contributed by atoms with Gasteiger partial charge in [0.15, 0.2) is 0 Å². The lowest BCUT2D eigenvalue weighted by atomic mass is 9.75. The van der Waals surface area contributed by atoms with Gasteiger partial charge in [-0.25, -0.2) is 0 Å². The van der Waals surface area contributed by atoms with Crippen LogP contribution in [0.15, 0.2) is 12.4 Å². The van der Waals surface area contributed by atoms with E-state index in [9.17, 15) is 4.79 Å². The highest BCUT2D eigenvalue weighted by atomic mass is 16.5. The highest BCUT2D eigenvalue weighted by Gasteiger charge is 2.54. The van der Waals surface area contributed by atoms with Gasteiger partial charge in [0.1, 0.15) is 0 Å². The fourth-order valence-corrected chi connectivity index (χ4v) is 4.51. The van der Waals surface area contributed by atoms with Crippen molar-refractivity contribution in [2.45, 2.75) is 46.2 Å². The van der Waals surface area contributed by atoms with Crippen LogP contribution in [0.4, 0.5) is 0 Å². The lowest BCUT2D eigenvalue weighted by molar-refractivity contribution is -0.157. The van der Waals surface area contributed by atoms with Gasteiger partial charge < -0.3 is 4.74 Å². The fraction of sp³-hybridized carbons (Fsp3) is 0.789. The minimum absolute atomic E-state index is 0.0198. The molecule has 0 radical (unpaired) electrons. The van der Waals surface area contributed by atoms with Gasteiger partial charge in [-0.15, -0.1) is 0 Å². The van der Waals surface area contributed by atoms with Crippen LogP contribution < -0.4 is 0 Å². The molecule has 2 saturated heterocycles. The van der Waals surface area contributed by atoms with E-state index < -0.39 is 0 Å². The summed E-state index contributed by atoms with van der Waals surface area (Å²) >= 11 is 0. The minimum Gasteiger partial charge on any atom is -0.466 e. The van der Waals surface area contributed by atoms with Crippen molar-refractivity contribution in [3.8, 4) is 0 Å². The first kappa shape index (κ1) is 18.4. The number of hydrogen-bond donors (Lipinski definition) is 0. The van der Waals surface area contributed by atoms with Crippen molar-refractivity contribution in [3.63, 3.8) is 0 Å². The Balaban J connectivity index is 1.78. The summed E-state index contributed by atoms with van der Waals surface area (Å²) in [4.78, 5) is 17.9. The number of nitrogens with zero attached hydrogens (tertiary/aromatic N) is 4. The maximum Gasteiger partial charge on any atom is 0.313 e. The van der Waals surface area contributed by atoms with Crippen molar-refractivity contribution in [2.75, 3.05) is 32.8 Å². The summed E-state index contributed by atoms with van der Waals surface area (Å²) in [5.74, 6) is 0.361. The van der Waals surface area contributed by atoms with E-state index in [4.69, 9.17) is 4.74 Å². The van der Waals surface area contributed by atoms with Crippen LogP contribution in [-0.2, 0) is 23.1 Å². The van der Waals surface area contributed by atoms with Crippen LogP contribution in [0.1, 0.15) is 39.2 Å². The third-order valence-corrected chi connectivity index (χ3v) is 5.87. The molecule has 3 heterocycles. The molecule has 0 spiro atoms. The minimum atomic E-state index is -0.329. The van der Waals surface area contributed by atoms with E-state index in [-0.39, 0.29) is 11.4 Å². The first-order chi connectivity index (χ1) is 11.9. The number of carbonyl (C=O) groups excluding carboxylic acids is 1. The Labute approximate surface area is 151 Å². The second-order valence-corrected chi connectivity index (χ2v) is 7.96. The zero-order valence-corrected chi connectivity index (χ0v) is 16.1. The highest BCUT2D eigenvalue weighted by molar-refractivity contribution is 5.78. The molecule has 0 aromatic carbocycles. The van der Waals surface area contributed by atoms with Crippen molar-refractivity contribution in [1.82, 2.24) is 19.6 Å². The number of rotatable bonds is 5. The Bertz CT molecular complexity index is 600. The molecule has 0 unspecified atom stereocenters. The second-order valence-electron chi connectivity index (χ2n) is 7.96. The van der Waals surface area contributed by atoms with Crippen molar-refractivity contribution in [3.05, 3.63) is 18.0 Å². The summed E-state index contributed by atoms with van der Waals surface area (Å²) in [6.07, 6.45) is 6.00. The third-order valence-electron chi connectivity index (χ3n) is 5.87. The van der Waals surface area contributed by atoms with Crippen LogP contribution in [0.3, 0.4) is 0 Å². The van der Waals surface area contributed by atoms with E-state index in [2.05, 4.69) is 34.9 Å². The first-order valence-corrected chi connectivity index (χ1v) is 9.55. The zero-order chi connectivity index (χ0) is 18.0. The molecule has 0 aliphatic carbocycles. The van der Waals surface area contributed by atoms with Crippen LogP contribution in [0.5, 0.6) is 0 Å². The van der Waals surface area contributed by atoms with Gasteiger partial charge in [0.05, 0.1) is 18.2 Å². The monoisotopic (exact) mass is 348 g/mol. The number of hydrogen-bond acceptors (Lipinski definition) is 5. The molecule has 140 valence electrons. The smallest absolute Gasteiger partial charge is 0.313 e. The largest absolute Gasteiger partial charge is 0.466 e. The topological polar surface area (TPSA) is 50.6 Å². The van der Waals surface area contributed by atoms with Gasteiger partial charge in [-0.1, -0.05) is 0 Å². The molecule has 0 N–H and O–H groups in total. The van der Waals surface area contributed by atoms with Crippen molar-refractivity contribution in [2.24, 2.45) is 18.4 Å². The lowest BCUT2D eigenvalue weighted by Gasteiger charge is -2.31. The number of fused-ring (bicyclic) bond motifs is 1. The number of likely N-dealkylation sites (tertiary alicyclic amines) is 2. The number of ether oxygens (including phenoxy) is 1. The van der Waals surface area contributed by atoms with Crippen LogP contribution in [0.25, 0.3) is 0 Å². The first-order valence-electron chi connectivity index (χ1n) is 9.55. The van der Waals surface area contributed by atoms with E-state index in [1.807, 2.05) is 24.9 Å². The van der Waals surface area contributed by atoms with Gasteiger partial charge in [0, 0.05) is 56.9 Å². The van der Waals surface area contributed by atoms with Crippen molar-refractivity contribution >= 4 is 5.97 Å². The molecule has 6 nitrogen and oxygen atoms in total. The summed E-state index contributed by atoms with van der Waals surface area (Å²) in [5.41, 5.74) is 0.911. The molecule has 1 aromatic heterocycles. The molecule has 0 bridgehead atoms. The normalized spacial score (nSPS) is 28.1. The Hall–Kier alpha value is -1.40. The van der Waals surface area contributed by atoms with E-state index >= 15 is 0 Å². The Morgan fingerprint density at radius 3 is 2.88 bits per heavy atom. The zero-order valence-electron chi connectivity index (χ0n) is 16.1. The van der Waals surface area contributed by atoms with Crippen LogP contribution >= 0.6 is 0 Å². The second kappa shape index (κ2) is 7.46. The van der Waals surface area contributed by atoms with Gasteiger partial charge in [-0.2, -0.15) is 5.10 Å². The van der Waals surface area contributed by atoms with E-state index in [0.717, 1.165) is 45.6 Å². The molecule has 2 aliphatic heterocycles. The van der Waals surface area contributed by atoms with E-state index in [0.29, 0.717) is 18.6 Å². The van der Waals surface area contributed by atoms with E-state index in [1.54, 1.807) is 0 Å². The molecule has 3 rings (SSSR count). The summed E-state index contributed by atoms with van der Waals surface area (Å²) in [7, 11) is 1.95. The number of esters is 1. The molecule has 2 atom stereocenters. The molecule has 6 heteroatoms. The number of aromatic nitrogens is 2. The average Bonchev–Trinajstić information content (AvgIpc) is 3.08. The Morgan fingerprint density at radius 1 is 1.44 bits per heavy atom. The van der Waals surface area contributed by atoms with Crippen molar-refractivity contribution < 1.29 is 9.53 Å². The molecule has 25 heavy (non-hydrogen) atoms. The summed E-state index contributed by atoms with van der Waals surface area (Å²) in [6, 6.07) is 0.463. The third kappa shape index (κ3) is 3.75. The van der Waals surface area contributed by atoms with Crippen LogP contribution in [-0.4, -0.2) is 64.4 Å².